The number of fused-ring (bicyclic) bond motifs is 2. The van der Waals surface area contributed by atoms with Crippen molar-refractivity contribution in [2.75, 3.05) is 13.1 Å². The lowest BCUT2D eigenvalue weighted by atomic mass is 9.80. The fourth-order valence-electron chi connectivity index (χ4n) is 5.45. The molecular formula is C28H24Cl2N6O2S. The SMILES string of the molecule is Cn1cc(Cl)c(=O)n(Cc2cc3nccc(-c4cc(Cl)cc5ccn(CC6(C#N)CCNCC6)c45)c3s2)c1=O. The van der Waals surface area contributed by atoms with Gasteiger partial charge in [-0.3, -0.25) is 14.3 Å². The molecule has 198 valence electrons. The maximum Gasteiger partial charge on any atom is 0.331 e. The molecule has 5 heterocycles. The third-order valence-corrected chi connectivity index (χ3v) is 9.07. The van der Waals surface area contributed by atoms with Gasteiger partial charge in [-0.1, -0.05) is 23.2 Å². The van der Waals surface area contributed by atoms with E-state index in [2.05, 4.69) is 20.9 Å². The molecule has 1 aliphatic rings. The third-order valence-electron chi connectivity index (χ3n) is 7.45. The molecule has 0 atom stereocenters. The zero-order valence-electron chi connectivity index (χ0n) is 21.1. The van der Waals surface area contributed by atoms with Crippen molar-refractivity contribution in [2.45, 2.75) is 25.9 Å². The quantitative estimate of drug-likeness (QED) is 0.315. The van der Waals surface area contributed by atoms with Crippen molar-refractivity contribution >= 4 is 55.7 Å². The zero-order chi connectivity index (χ0) is 27.3. The number of halogens is 2. The van der Waals surface area contributed by atoms with Crippen LogP contribution in [-0.4, -0.2) is 31.8 Å². The Labute approximate surface area is 237 Å². The first-order valence-corrected chi connectivity index (χ1v) is 14.1. The van der Waals surface area contributed by atoms with Gasteiger partial charge in [0.1, 0.15) is 5.02 Å². The van der Waals surface area contributed by atoms with Gasteiger partial charge in [-0.25, -0.2) is 4.79 Å². The van der Waals surface area contributed by atoms with Gasteiger partial charge in [0.15, 0.2) is 0 Å². The first-order valence-electron chi connectivity index (χ1n) is 12.5. The second kappa shape index (κ2) is 9.96. The van der Waals surface area contributed by atoms with Crippen molar-refractivity contribution in [3.63, 3.8) is 0 Å². The minimum Gasteiger partial charge on any atom is -0.345 e. The number of nitrogens with zero attached hydrogens (tertiary/aromatic N) is 5. The van der Waals surface area contributed by atoms with Crippen LogP contribution in [0.2, 0.25) is 10.0 Å². The van der Waals surface area contributed by atoms with E-state index in [4.69, 9.17) is 23.2 Å². The molecule has 1 aliphatic heterocycles. The normalized spacial score (nSPS) is 15.1. The Morgan fingerprint density at radius 3 is 2.72 bits per heavy atom. The molecule has 6 rings (SSSR count). The van der Waals surface area contributed by atoms with Gasteiger partial charge in [-0.2, -0.15) is 5.26 Å². The van der Waals surface area contributed by atoms with E-state index >= 15 is 0 Å². The van der Waals surface area contributed by atoms with E-state index in [0.717, 1.165) is 67.6 Å². The summed E-state index contributed by atoms with van der Waals surface area (Å²) in [5, 5.41) is 15.1. The first-order chi connectivity index (χ1) is 18.8. The van der Waals surface area contributed by atoms with Gasteiger partial charge in [0, 0.05) is 58.6 Å². The molecule has 0 amide bonds. The summed E-state index contributed by atoms with van der Waals surface area (Å²) in [5.74, 6) is 0. The van der Waals surface area contributed by atoms with Gasteiger partial charge >= 0.3 is 5.69 Å². The van der Waals surface area contributed by atoms with Crippen LogP contribution in [0, 0.1) is 16.7 Å². The lowest BCUT2D eigenvalue weighted by molar-refractivity contribution is 0.247. The van der Waals surface area contributed by atoms with Crippen LogP contribution in [0.4, 0.5) is 0 Å². The van der Waals surface area contributed by atoms with Crippen LogP contribution < -0.4 is 16.6 Å². The monoisotopic (exact) mass is 578 g/mol. The summed E-state index contributed by atoms with van der Waals surface area (Å²) in [6.07, 6.45) is 6.70. The zero-order valence-corrected chi connectivity index (χ0v) is 23.4. The number of thiophene rings is 1. The Morgan fingerprint density at radius 2 is 1.95 bits per heavy atom. The number of hydrogen-bond donors (Lipinski definition) is 1. The summed E-state index contributed by atoms with van der Waals surface area (Å²) in [5.41, 5.74) is 2.27. The number of rotatable bonds is 5. The van der Waals surface area contributed by atoms with Gasteiger partial charge < -0.3 is 14.5 Å². The van der Waals surface area contributed by atoms with Crippen molar-refractivity contribution < 1.29 is 0 Å². The molecule has 0 aliphatic carbocycles. The molecule has 0 radical (unpaired) electrons. The van der Waals surface area contributed by atoms with Crippen LogP contribution in [0.3, 0.4) is 0 Å². The van der Waals surface area contributed by atoms with E-state index in [1.165, 1.54) is 22.1 Å². The first kappa shape index (κ1) is 25.8. The summed E-state index contributed by atoms with van der Waals surface area (Å²) in [7, 11) is 1.56. The van der Waals surface area contributed by atoms with E-state index in [1.54, 1.807) is 13.2 Å². The van der Waals surface area contributed by atoms with Crippen LogP contribution in [0.5, 0.6) is 0 Å². The molecular weight excluding hydrogens is 555 g/mol. The average Bonchev–Trinajstić information content (AvgIpc) is 3.53. The molecule has 1 saturated heterocycles. The van der Waals surface area contributed by atoms with Crippen molar-refractivity contribution in [3.05, 3.63) is 84.7 Å². The summed E-state index contributed by atoms with van der Waals surface area (Å²) in [6, 6.07) is 12.4. The number of hydrogen-bond acceptors (Lipinski definition) is 6. The Balaban J connectivity index is 1.48. The van der Waals surface area contributed by atoms with E-state index in [-0.39, 0.29) is 11.6 Å². The van der Waals surface area contributed by atoms with Crippen molar-refractivity contribution in [2.24, 2.45) is 12.5 Å². The predicted molar refractivity (Wildman–Crippen MR) is 156 cm³/mol. The van der Waals surface area contributed by atoms with Crippen LogP contribution in [0.1, 0.15) is 17.7 Å². The van der Waals surface area contributed by atoms with E-state index in [9.17, 15) is 14.9 Å². The molecule has 0 saturated carbocycles. The van der Waals surface area contributed by atoms with Gasteiger partial charge in [-0.05, 0) is 56.3 Å². The smallest absolute Gasteiger partial charge is 0.331 e. The number of aromatic nitrogens is 4. The Bertz CT molecular complexity index is 1870. The lowest BCUT2D eigenvalue weighted by Crippen LogP contribution is -2.38. The number of piperidine rings is 1. The van der Waals surface area contributed by atoms with Crippen LogP contribution in [0.25, 0.3) is 32.2 Å². The molecule has 1 N–H and O–H groups in total. The second-order valence-corrected chi connectivity index (χ2v) is 12.0. The minimum absolute atomic E-state index is 0.0111. The Hall–Kier alpha value is -3.42. The lowest BCUT2D eigenvalue weighted by Gasteiger charge is -2.32. The van der Waals surface area contributed by atoms with Gasteiger partial charge in [0.05, 0.1) is 33.8 Å². The highest BCUT2D eigenvalue weighted by molar-refractivity contribution is 7.19. The predicted octanol–water partition coefficient (Wildman–Crippen LogP) is 5.03. The van der Waals surface area contributed by atoms with Crippen LogP contribution >= 0.6 is 34.5 Å². The second-order valence-electron chi connectivity index (χ2n) is 10.0. The highest BCUT2D eigenvalue weighted by atomic mass is 35.5. The van der Waals surface area contributed by atoms with E-state index < -0.39 is 16.7 Å². The number of pyridine rings is 1. The molecule has 0 unspecified atom stereocenters. The number of nitrogens with one attached hydrogen (secondary N) is 1. The van der Waals surface area contributed by atoms with Gasteiger partial charge in [0.2, 0.25) is 0 Å². The largest absolute Gasteiger partial charge is 0.345 e. The van der Waals surface area contributed by atoms with Crippen molar-refractivity contribution in [1.82, 2.24) is 24.0 Å². The molecule has 11 heteroatoms. The Kier molecular flexibility index (Phi) is 6.60. The minimum atomic E-state index is -0.524. The molecule has 0 bridgehead atoms. The fraction of sp³-hybridized carbons (Fsp3) is 0.286. The third kappa shape index (κ3) is 4.57. The molecule has 4 aromatic heterocycles. The highest BCUT2D eigenvalue weighted by Gasteiger charge is 2.33. The molecule has 5 aromatic rings. The number of aryl methyl sites for hydroxylation is 1. The number of benzene rings is 1. The molecule has 1 fully saturated rings. The van der Waals surface area contributed by atoms with Crippen molar-refractivity contribution in [3.8, 4) is 17.2 Å². The highest BCUT2D eigenvalue weighted by Crippen LogP contribution is 2.40. The van der Waals surface area contributed by atoms with Gasteiger partial charge in [-0.15, -0.1) is 11.3 Å². The summed E-state index contributed by atoms with van der Waals surface area (Å²) in [4.78, 5) is 30.7. The van der Waals surface area contributed by atoms with Gasteiger partial charge in [0.25, 0.3) is 5.56 Å². The molecule has 1 aromatic carbocycles. The molecule has 8 nitrogen and oxygen atoms in total. The van der Waals surface area contributed by atoms with E-state index in [1.807, 2.05) is 36.5 Å². The topological polar surface area (TPSA) is 97.6 Å². The number of nitriles is 1. The summed E-state index contributed by atoms with van der Waals surface area (Å²) < 4.78 is 5.53. The average molecular weight is 580 g/mol. The fourth-order valence-corrected chi connectivity index (χ4v) is 7.05. The van der Waals surface area contributed by atoms with E-state index in [0.29, 0.717) is 11.6 Å². The van der Waals surface area contributed by atoms with Crippen LogP contribution in [-0.2, 0) is 20.1 Å². The standard InChI is InChI=1S/C28H24Cl2N6O2S/c1-34-14-22(30)26(37)36(27(34)38)13-19-12-23-25(39-19)20(2-6-33-23)21-11-18(29)10-17-3-9-35(24(17)21)16-28(15-31)4-7-32-8-5-28/h2-3,6,9-12,14,32H,4-5,7-8,13,16H2,1H3. The van der Waals surface area contributed by atoms with Crippen molar-refractivity contribution in [1.29, 1.82) is 5.26 Å². The molecule has 39 heavy (non-hydrogen) atoms. The molecule has 0 spiro atoms. The summed E-state index contributed by atoms with van der Waals surface area (Å²) in [6.45, 7) is 2.33. The van der Waals surface area contributed by atoms with Crippen LogP contribution in [0.15, 0.2) is 58.5 Å². The Morgan fingerprint density at radius 1 is 1.15 bits per heavy atom. The maximum atomic E-state index is 12.7. The maximum absolute atomic E-state index is 12.7. The summed E-state index contributed by atoms with van der Waals surface area (Å²) >= 11 is 14.1.